The summed E-state index contributed by atoms with van der Waals surface area (Å²) in [5, 5.41) is 9.59. The molecule has 0 atom stereocenters. The van der Waals surface area contributed by atoms with E-state index in [1.807, 2.05) is 0 Å². The van der Waals surface area contributed by atoms with Gasteiger partial charge in [-0.2, -0.15) is 0 Å². The van der Waals surface area contributed by atoms with Crippen molar-refractivity contribution in [3.05, 3.63) is 237 Å². The van der Waals surface area contributed by atoms with Gasteiger partial charge in [0.2, 0.25) is 0 Å². The molecule has 0 saturated carbocycles. The van der Waals surface area contributed by atoms with E-state index in [0.717, 1.165) is 61.1 Å². The fraction of sp³-hybridized carbons (Fsp3) is 0. The molecule has 12 aromatic rings. The molecule has 62 heavy (non-hydrogen) atoms. The lowest BCUT2D eigenvalue weighted by Gasteiger charge is -2.26. The maximum absolute atomic E-state index is 6.54. The molecule has 0 unspecified atom stereocenters. The lowest BCUT2D eigenvalue weighted by molar-refractivity contribution is 0.673. The molecular weight excluding hydrogens is 751 g/mol. The van der Waals surface area contributed by atoms with Crippen LogP contribution in [0.4, 0.5) is 17.1 Å². The smallest absolute Gasteiger partial charge is 0.143 e. The Balaban J connectivity index is 0.989. The molecule has 0 amide bonds. The molecule has 0 spiro atoms. The third kappa shape index (κ3) is 5.96. The molecule has 0 saturated heterocycles. The SMILES string of the molecule is c1ccc(-c2c(-c3ccccc3)c3cc(-c4cccc(N(c5ccccc5)c5ccc(-c6cccc7oc8c9ccccc9ccc8c67)cc5)c4)ccc3c3ccccc23)cc1. The molecule has 11 aromatic carbocycles. The minimum Gasteiger partial charge on any atom is -0.455 e. The van der Waals surface area contributed by atoms with Crippen molar-refractivity contribution >= 4 is 71.3 Å². The van der Waals surface area contributed by atoms with Gasteiger partial charge in [0.15, 0.2) is 0 Å². The number of para-hydroxylation sites is 1. The minimum atomic E-state index is 0.898. The molecule has 2 nitrogen and oxygen atoms in total. The highest BCUT2D eigenvalue weighted by molar-refractivity contribution is 6.22. The van der Waals surface area contributed by atoms with E-state index in [0.29, 0.717) is 0 Å². The lowest BCUT2D eigenvalue weighted by atomic mass is 9.84. The topological polar surface area (TPSA) is 16.4 Å². The van der Waals surface area contributed by atoms with Crippen molar-refractivity contribution < 1.29 is 4.42 Å². The highest BCUT2D eigenvalue weighted by Gasteiger charge is 2.20. The molecule has 0 aliphatic carbocycles. The van der Waals surface area contributed by atoms with Gasteiger partial charge < -0.3 is 9.32 Å². The van der Waals surface area contributed by atoms with Crippen molar-refractivity contribution in [2.24, 2.45) is 0 Å². The van der Waals surface area contributed by atoms with Gasteiger partial charge in [-0.1, -0.05) is 182 Å². The summed E-state index contributed by atoms with van der Waals surface area (Å²) in [6, 6.07) is 85.4. The van der Waals surface area contributed by atoms with Crippen molar-refractivity contribution in [3.8, 4) is 44.5 Å². The summed E-state index contributed by atoms with van der Waals surface area (Å²) < 4.78 is 6.54. The van der Waals surface area contributed by atoms with Crippen molar-refractivity contribution in [2.45, 2.75) is 0 Å². The van der Waals surface area contributed by atoms with Crippen LogP contribution in [0.15, 0.2) is 241 Å². The number of nitrogens with zero attached hydrogens (tertiary/aromatic N) is 1. The van der Waals surface area contributed by atoms with Gasteiger partial charge in [-0.3, -0.25) is 0 Å². The molecule has 12 rings (SSSR count). The third-order valence-corrected chi connectivity index (χ3v) is 12.4. The first-order valence-electron chi connectivity index (χ1n) is 21.3. The van der Waals surface area contributed by atoms with E-state index in [4.69, 9.17) is 4.42 Å². The highest BCUT2D eigenvalue weighted by atomic mass is 16.3. The minimum absolute atomic E-state index is 0.898. The van der Waals surface area contributed by atoms with Crippen LogP contribution in [0.1, 0.15) is 0 Å². The standard InChI is InChI=1S/C60H39NO/c1-4-17-42(18-5-1)57-53-27-13-12-26-51(53)52-36-33-45(39-55(52)58(57)43-19-6-2-7-20-43)44-21-14-24-48(38-44)61(46-22-8-3-9-23-46)47-34-30-41(31-35-47)49-28-15-29-56-59(49)54-37-32-40-16-10-11-25-50(40)60(54)62-56/h1-39H. The molecule has 1 aromatic heterocycles. The molecular formula is C60H39NO. The van der Waals surface area contributed by atoms with E-state index in [2.05, 4.69) is 241 Å². The van der Waals surface area contributed by atoms with Gasteiger partial charge in [-0.05, 0) is 126 Å². The summed E-state index contributed by atoms with van der Waals surface area (Å²) in [6.07, 6.45) is 0. The Kier molecular flexibility index (Phi) is 8.53. The largest absolute Gasteiger partial charge is 0.455 e. The number of furan rings is 1. The van der Waals surface area contributed by atoms with E-state index in [-0.39, 0.29) is 0 Å². The summed E-state index contributed by atoms with van der Waals surface area (Å²) in [7, 11) is 0. The number of rotatable bonds is 7. The summed E-state index contributed by atoms with van der Waals surface area (Å²) in [5.74, 6) is 0. The van der Waals surface area contributed by atoms with E-state index in [1.54, 1.807) is 0 Å². The predicted octanol–water partition coefficient (Wildman–Crippen LogP) is 17.2. The number of hydrogen-bond acceptors (Lipinski definition) is 2. The van der Waals surface area contributed by atoms with Crippen molar-refractivity contribution in [2.75, 3.05) is 4.90 Å². The van der Waals surface area contributed by atoms with Gasteiger partial charge in [0, 0.05) is 33.2 Å². The summed E-state index contributed by atoms with van der Waals surface area (Å²) in [5.41, 5.74) is 14.6. The van der Waals surface area contributed by atoms with Crippen LogP contribution in [-0.4, -0.2) is 0 Å². The zero-order chi connectivity index (χ0) is 41.0. The second-order valence-electron chi connectivity index (χ2n) is 16.0. The zero-order valence-corrected chi connectivity index (χ0v) is 33.9. The molecule has 0 bridgehead atoms. The van der Waals surface area contributed by atoms with Crippen LogP contribution in [0.25, 0.3) is 98.8 Å². The zero-order valence-electron chi connectivity index (χ0n) is 33.9. The van der Waals surface area contributed by atoms with Crippen LogP contribution in [0, 0.1) is 0 Å². The molecule has 0 N–H and O–H groups in total. The first-order chi connectivity index (χ1) is 30.8. The number of anilines is 3. The fourth-order valence-electron chi connectivity index (χ4n) is 9.61. The van der Waals surface area contributed by atoms with Gasteiger partial charge in [0.1, 0.15) is 11.2 Å². The van der Waals surface area contributed by atoms with Gasteiger partial charge in [-0.15, -0.1) is 0 Å². The van der Waals surface area contributed by atoms with Gasteiger partial charge in [0.25, 0.3) is 0 Å². The number of hydrogen-bond donors (Lipinski definition) is 0. The third-order valence-electron chi connectivity index (χ3n) is 12.4. The van der Waals surface area contributed by atoms with Crippen molar-refractivity contribution in [1.82, 2.24) is 0 Å². The lowest BCUT2D eigenvalue weighted by Crippen LogP contribution is -2.09. The Labute approximate surface area is 360 Å². The Morgan fingerprint density at radius 1 is 0.290 bits per heavy atom. The van der Waals surface area contributed by atoms with Crippen LogP contribution < -0.4 is 4.90 Å². The van der Waals surface area contributed by atoms with Crippen LogP contribution in [0.2, 0.25) is 0 Å². The quantitative estimate of drug-likeness (QED) is 0.150. The van der Waals surface area contributed by atoms with Crippen LogP contribution in [0.5, 0.6) is 0 Å². The molecule has 2 heteroatoms. The maximum atomic E-state index is 6.54. The second-order valence-corrected chi connectivity index (χ2v) is 16.0. The highest BCUT2D eigenvalue weighted by Crippen LogP contribution is 2.46. The Morgan fingerprint density at radius 3 is 1.58 bits per heavy atom. The van der Waals surface area contributed by atoms with Crippen molar-refractivity contribution in [3.63, 3.8) is 0 Å². The Morgan fingerprint density at radius 2 is 0.823 bits per heavy atom. The van der Waals surface area contributed by atoms with E-state index < -0.39 is 0 Å². The molecule has 0 radical (unpaired) electrons. The maximum Gasteiger partial charge on any atom is 0.143 e. The van der Waals surface area contributed by atoms with E-state index in [1.165, 1.54) is 54.7 Å². The van der Waals surface area contributed by atoms with Gasteiger partial charge in [-0.25, -0.2) is 0 Å². The summed E-state index contributed by atoms with van der Waals surface area (Å²) in [6.45, 7) is 0. The van der Waals surface area contributed by atoms with Crippen molar-refractivity contribution in [1.29, 1.82) is 0 Å². The monoisotopic (exact) mass is 789 g/mol. The number of fused-ring (bicyclic) bond motifs is 8. The summed E-state index contributed by atoms with van der Waals surface area (Å²) >= 11 is 0. The first kappa shape index (κ1) is 35.7. The second kappa shape index (κ2) is 14.8. The predicted molar refractivity (Wildman–Crippen MR) is 263 cm³/mol. The van der Waals surface area contributed by atoms with E-state index >= 15 is 0 Å². The molecule has 0 aliphatic rings. The molecule has 290 valence electrons. The molecule has 1 heterocycles. The van der Waals surface area contributed by atoms with Gasteiger partial charge >= 0.3 is 0 Å². The molecule has 0 fully saturated rings. The average Bonchev–Trinajstić information content (AvgIpc) is 3.74. The average molecular weight is 790 g/mol. The summed E-state index contributed by atoms with van der Waals surface area (Å²) in [4.78, 5) is 2.35. The van der Waals surface area contributed by atoms with Crippen LogP contribution >= 0.6 is 0 Å². The molecule has 0 aliphatic heterocycles. The normalized spacial score (nSPS) is 11.5. The fourth-order valence-corrected chi connectivity index (χ4v) is 9.61. The number of benzene rings is 11. The van der Waals surface area contributed by atoms with Gasteiger partial charge in [0.05, 0.1) is 0 Å². The first-order valence-corrected chi connectivity index (χ1v) is 21.3. The Hall–Kier alpha value is -8.20. The Bertz CT molecular complexity index is 3610. The van der Waals surface area contributed by atoms with E-state index in [9.17, 15) is 0 Å². The van der Waals surface area contributed by atoms with Crippen LogP contribution in [-0.2, 0) is 0 Å². The van der Waals surface area contributed by atoms with Crippen LogP contribution in [0.3, 0.4) is 0 Å².